The average Bonchev–Trinajstić information content (AvgIpc) is 3.11. The lowest BCUT2D eigenvalue weighted by molar-refractivity contribution is -0.123. The number of carbonyl (C=O) groups is 3. The highest BCUT2D eigenvalue weighted by atomic mass is 35.5. The lowest BCUT2D eigenvalue weighted by atomic mass is 10.1. The second kappa shape index (κ2) is 12.0. The Morgan fingerprint density at radius 1 is 1.03 bits per heavy atom. The van der Waals surface area contributed by atoms with Gasteiger partial charge in [-0.1, -0.05) is 53.6 Å². The number of ether oxygens (including phenoxy) is 2. The molecule has 37 heavy (non-hydrogen) atoms. The van der Waals surface area contributed by atoms with Gasteiger partial charge in [0.1, 0.15) is 0 Å². The van der Waals surface area contributed by atoms with E-state index in [-0.39, 0.29) is 30.2 Å². The summed E-state index contributed by atoms with van der Waals surface area (Å²) in [7, 11) is 0. The van der Waals surface area contributed by atoms with Crippen LogP contribution in [0, 0.1) is 6.92 Å². The lowest BCUT2D eigenvalue weighted by Gasteiger charge is -2.13. The highest BCUT2D eigenvalue weighted by molar-refractivity contribution is 8.18. The van der Waals surface area contributed by atoms with E-state index in [0.717, 1.165) is 22.9 Å². The summed E-state index contributed by atoms with van der Waals surface area (Å²) in [6.45, 7) is 4.16. The van der Waals surface area contributed by atoms with E-state index in [1.54, 1.807) is 48.5 Å². The van der Waals surface area contributed by atoms with Gasteiger partial charge in [0.2, 0.25) is 0 Å². The van der Waals surface area contributed by atoms with E-state index in [0.29, 0.717) is 39.3 Å². The number of thioether (sulfide) groups is 1. The Kier molecular flexibility index (Phi) is 8.53. The fourth-order valence-corrected chi connectivity index (χ4v) is 4.72. The van der Waals surface area contributed by atoms with E-state index >= 15 is 0 Å². The quantitative estimate of drug-likeness (QED) is 0.323. The summed E-state index contributed by atoms with van der Waals surface area (Å²) in [5.41, 5.74) is 3.19. The molecule has 1 saturated heterocycles. The molecule has 1 fully saturated rings. The molecule has 3 aromatic rings. The molecule has 3 aromatic carbocycles. The first-order chi connectivity index (χ1) is 17.8. The molecule has 0 unspecified atom stereocenters. The summed E-state index contributed by atoms with van der Waals surface area (Å²) < 4.78 is 11.4. The monoisotopic (exact) mass is 536 g/mol. The average molecular weight is 537 g/mol. The van der Waals surface area contributed by atoms with E-state index in [4.69, 9.17) is 21.1 Å². The third-order valence-corrected chi connectivity index (χ3v) is 6.47. The Morgan fingerprint density at radius 2 is 1.84 bits per heavy atom. The van der Waals surface area contributed by atoms with Gasteiger partial charge in [-0.2, -0.15) is 0 Å². The maximum Gasteiger partial charge on any atom is 0.293 e. The molecule has 1 aliphatic heterocycles. The minimum atomic E-state index is -0.351. The molecule has 0 bridgehead atoms. The van der Waals surface area contributed by atoms with Crippen LogP contribution in [0.4, 0.5) is 10.5 Å². The number of nitrogens with zero attached hydrogens (tertiary/aromatic N) is 1. The van der Waals surface area contributed by atoms with Crippen molar-refractivity contribution in [3.63, 3.8) is 0 Å². The van der Waals surface area contributed by atoms with Gasteiger partial charge < -0.3 is 14.8 Å². The van der Waals surface area contributed by atoms with Crippen LogP contribution in [0.1, 0.15) is 23.6 Å². The van der Waals surface area contributed by atoms with Gasteiger partial charge in [0.05, 0.1) is 18.1 Å². The first-order valence-corrected chi connectivity index (χ1v) is 12.8. The number of amides is 3. The summed E-state index contributed by atoms with van der Waals surface area (Å²) in [6, 6.07) is 19.7. The molecule has 190 valence electrons. The van der Waals surface area contributed by atoms with Crippen molar-refractivity contribution in [2.24, 2.45) is 0 Å². The number of benzene rings is 3. The summed E-state index contributed by atoms with van der Waals surface area (Å²) in [6.07, 6.45) is 1.65. The zero-order chi connectivity index (χ0) is 26.4. The molecule has 0 saturated carbocycles. The number of halogens is 1. The molecule has 0 spiro atoms. The van der Waals surface area contributed by atoms with Crippen LogP contribution in [0.25, 0.3) is 6.08 Å². The second-order valence-electron chi connectivity index (χ2n) is 8.24. The maximum absolute atomic E-state index is 12.9. The highest BCUT2D eigenvalue weighted by Crippen LogP contribution is 2.35. The van der Waals surface area contributed by atoms with Crippen molar-refractivity contribution in [3.8, 4) is 11.5 Å². The van der Waals surface area contributed by atoms with Crippen molar-refractivity contribution in [1.82, 2.24) is 4.90 Å². The van der Waals surface area contributed by atoms with Crippen LogP contribution in [0.2, 0.25) is 5.02 Å². The first-order valence-electron chi connectivity index (χ1n) is 11.6. The largest absolute Gasteiger partial charge is 0.490 e. The van der Waals surface area contributed by atoms with Crippen molar-refractivity contribution in [3.05, 3.63) is 93.3 Å². The molecule has 1 N–H and O–H groups in total. The zero-order valence-electron chi connectivity index (χ0n) is 20.3. The number of anilines is 1. The van der Waals surface area contributed by atoms with Crippen LogP contribution in [-0.2, 0) is 16.1 Å². The summed E-state index contributed by atoms with van der Waals surface area (Å²) in [5.74, 6) is 0.113. The third-order valence-electron chi connectivity index (χ3n) is 5.33. The molecule has 0 atom stereocenters. The number of hydrogen-bond donors (Lipinski definition) is 1. The van der Waals surface area contributed by atoms with E-state index < -0.39 is 0 Å². The normalized spacial score (nSPS) is 14.2. The van der Waals surface area contributed by atoms with Crippen LogP contribution < -0.4 is 14.8 Å². The van der Waals surface area contributed by atoms with Crippen molar-refractivity contribution >= 4 is 52.2 Å². The number of aryl methyl sites for hydroxylation is 1. The summed E-state index contributed by atoms with van der Waals surface area (Å²) >= 11 is 6.86. The summed E-state index contributed by atoms with van der Waals surface area (Å²) in [4.78, 5) is 39.4. The van der Waals surface area contributed by atoms with Gasteiger partial charge >= 0.3 is 0 Å². The predicted octanol–water partition coefficient (Wildman–Crippen LogP) is 6.30. The number of hydrogen-bond acceptors (Lipinski definition) is 6. The van der Waals surface area contributed by atoms with Crippen molar-refractivity contribution in [2.45, 2.75) is 20.4 Å². The van der Waals surface area contributed by atoms with Gasteiger partial charge in [-0.15, -0.1) is 0 Å². The van der Waals surface area contributed by atoms with Crippen LogP contribution >= 0.6 is 23.4 Å². The molecular weight excluding hydrogens is 512 g/mol. The Hall–Kier alpha value is -3.75. The fourth-order valence-electron chi connectivity index (χ4n) is 3.69. The molecule has 1 heterocycles. The number of carbonyl (C=O) groups excluding carboxylic acids is 3. The Labute approximate surface area is 224 Å². The zero-order valence-corrected chi connectivity index (χ0v) is 21.9. The van der Waals surface area contributed by atoms with Crippen LogP contribution in [-0.4, -0.2) is 35.2 Å². The maximum atomic E-state index is 12.9. The fraction of sp³-hybridized carbons (Fsp3) is 0.179. The molecule has 3 amide bonds. The molecule has 7 nitrogen and oxygen atoms in total. The van der Waals surface area contributed by atoms with E-state index in [9.17, 15) is 14.4 Å². The van der Waals surface area contributed by atoms with Gasteiger partial charge in [0.25, 0.3) is 17.1 Å². The van der Waals surface area contributed by atoms with E-state index in [1.807, 2.05) is 38.1 Å². The Bertz CT molecular complexity index is 1370. The van der Waals surface area contributed by atoms with Gasteiger partial charge in [-0.3, -0.25) is 19.3 Å². The smallest absolute Gasteiger partial charge is 0.293 e. The van der Waals surface area contributed by atoms with E-state index in [2.05, 4.69) is 5.32 Å². The number of nitrogens with one attached hydrogen (secondary N) is 1. The SMILES string of the molecule is CCOc1cc(/C=C2/SC(=O)N(Cc3cccc(C)c3)C2=O)ccc1OCC(=O)Nc1cccc(Cl)c1. The first kappa shape index (κ1) is 26.3. The molecule has 4 rings (SSSR count). The topological polar surface area (TPSA) is 84.9 Å². The van der Waals surface area contributed by atoms with Gasteiger partial charge in [-0.05, 0) is 73.1 Å². The summed E-state index contributed by atoms with van der Waals surface area (Å²) in [5, 5.41) is 2.93. The van der Waals surface area contributed by atoms with Crippen LogP contribution in [0.15, 0.2) is 71.6 Å². The van der Waals surface area contributed by atoms with Crippen LogP contribution in [0.3, 0.4) is 0 Å². The molecule has 0 radical (unpaired) electrons. The Balaban J connectivity index is 1.44. The second-order valence-corrected chi connectivity index (χ2v) is 9.67. The van der Waals surface area contributed by atoms with Gasteiger partial charge in [0, 0.05) is 10.7 Å². The Morgan fingerprint density at radius 3 is 2.59 bits per heavy atom. The molecular formula is C28H25ClN2O5S. The molecule has 9 heteroatoms. The predicted molar refractivity (Wildman–Crippen MR) is 146 cm³/mol. The minimum Gasteiger partial charge on any atom is -0.490 e. The highest BCUT2D eigenvalue weighted by Gasteiger charge is 2.35. The third kappa shape index (κ3) is 6.93. The molecule has 0 aliphatic carbocycles. The van der Waals surface area contributed by atoms with Crippen molar-refractivity contribution in [1.29, 1.82) is 0 Å². The van der Waals surface area contributed by atoms with Gasteiger partial charge in [-0.25, -0.2) is 0 Å². The lowest BCUT2D eigenvalue weighted by Crippen LogP contribution is -2.27. The number of rotatable bonds is 9. The van der Waals surface area contributed by atoms with Crippen molar-refractivity contribution in [2.75, 3.05) is 18.5 Å². The van der Waals surface area contributed by atoms with Crippen LogP contribution in [0.5, 0.6) is 11.5 Å². The van der Waals surface area contributed by atoms with E-state index in [1.165, 1.54) is 4.90 Å². The number of imide groups is 1. The molecule has 1 aliphatic rings. The van der Waals surface area contributed by atoms with Gasteiger partial charge in [0.15, 0.2) is 18.1 Å². The standard InChI is InChI=1S/C28H25ClN2O5S/c1-3-35-24-13-19(10-11-23(24)36-17-26(32)30-22-9-5-8-21(29)15-22)14-25-27(33)31(28(34)37-25)16-20-7-4-6-18(2)12-20/h4-15H,3,16-17H2,1-2H3,(H,30,32)/b25-14+. The van der Waals surface area contributed by atoms with Crippen molar-refractivity contribution < 1.29 is 23.9 Å². The molecule has 0 aromatic heterocycles. The minimum absolute atomic E-state index is 0.220.